The number of halogens is 1. The summed E-state index contributed by atoms with van der Waals surface area (Å²) in [6, 6.07) is 8.68. The molecule has 0 aliphatic carbocycles. The van der Waals surface area contributed by atoms with Crippen LogP contribution in [0.2, 0.25) is 5.02 Å². The monoisotopic (exact) mass is 761 g/mol. The number of carbonyl (C=O) groups is 5. The summed E-state index contributed by atoms with van der Waals surface area (Å²) >= 11 is 7.33. The molecule has 2 aliphatic rings. The van der Waals surface area contributed by atoms with Crippen LogP contribution in [0.3, 0.4) is 0 Å². The van der Waals surface area contributed by atoms with Crippen LogP contribution < -0.4 is 26.2 Å². The molecule has 53 heavy (non-hydrogen) atoms. The lowest BCUT2D eigenvalue weighted by Gasteiger charge is -2.24. The number of piperidine rings is 1. The molecular formula is C36H40ClN9O6S. The molecule has 2 aliphatic heterocycles. The van der Waals surface area contributed by atoms with Crippen LogP contribution in [0.15, 0.2) is 47.6 Å². The van der Waals surface area contributed by atoms with E-state index in [-0.39, 0.29) is 48.4 Å². The number of nitrogens with one attached hydrogen (secondary N) is 6. The van der Waals surface area contributed by atoms with Crippen LogP contribution in [0.4, 0.5) is 10.7 Å². The molecule has 0 spiro atoms. The quantitative estimate of drug-likeness (QED) is 0.0482. The number of unbranched alkanes of at least 4 members (excludes halogenated alkanes) is 2. The van der Waals surface area contributed by atoms with Crippen molar-refractivity contribution in [3.8, 4) is 0 Å². The van der Waals surface area contributed by atoms with Crippen molar-refractivity contribution in [3.05, 3.63) is 74.9 Å². The minimum atomic E-state index is -0.932. The molecule has 15 nitrogen and oxygen atoms in total. The number of amidine groups is 2. The molecule has 1 aromatic carbocycles. The van der Waals surface area contributed by atoms with Gasteiger partial charge in [0, 0.05) is 41.9 Å². The highest BCUT2D eigenvalue weighted by Gasteiger charge is 2.36. The van der Waals surface area contributed by atoms with Gasteiger partial charge in [-0.05, 0) is 69.4 Å². The van der Waals surface area contributed by atoms with E-state index in [0.29, 0.717) is 62.5 Å². The first-order valence-corrected chi connectivity index (χ1v) is 18.2. The van der Waals surface area contributed by atoms with Gasteiger partial charge >= 0.3 is 5.97 Å². The Hall–Kier alpha value is -5.48. The molecule has 0 saturated carbocycles. The van der Waals surface area contributed by atoms with Gasteiger partial charge in [-0.15, -0.1) is 11.3 Å². The second-order valence-corrected chi connectivity index (χ2v) is 13.9. The minimum absolute atomic E-state index is 0.0360. The van der Waals surface area contributed by atoms with Crippen LogP contribution in [0.5, 0.6) is 0 Å². The number of thiophene rings is 1. The summed E-state index contributed by atoms with van der Waals surface area (Å²) in [4.78, 5) is 73.2. The summed E-state index contributed by atoms with van der Waals surface area (Å²) in [5, 5.41) is 29.6. The fraction of sp³-hybridized carbons (Fsp3) is 0.361. The largest absolute Gasteiger partial charge is 0.469 e. The lowest BCUT2D eigenvalue weighted by molar-refractivity contribution is -0.140. The number of hydrogen-bond donors (Lipinski definition) is 6. The van der Waals surface area contributed by atoms with E-state index in [4.69, 9.17) is 32.1 Å². The van der Waals surface area contributed by atoms with E-state index in [1.807, 2.05) is 0 Å². The van der Waals surface area contributed by atoms with E-state index in [0.717, 1.165) is 24.2 Å². The molecule has 2 aromatic heterocycles. The number of aliphatic imine (C=N–C) groups is 1. The van der Waals surface area contributed by atoms with Crippen LogP contribution >= 0.6 is 22.9 Å². The van der Waals surface area contributed by atoms with Gasteiger partial charge in [-0.2, -0.15) is 0 Å². The van der Waals surface area contributed by atoms with E-state index in [1.165, 1.54) is 25.1 Å². The number of methoxy groups -OCH3 is 1. The third-order valence-electron chi connectivity index (χ3n) is 8.68. The number of amides is 4. The number of carbonyl (C=O) groups excluding carboxylic acids is 5. The molecule has 278 valence electrons. The number of nitrogens with zero attached hydrogens (tertiary/aromatic N) is 3. The number of ether oxygens (including phenoxy) is 1. The van der Waals surface area contributed by atoms with Crippen molar-refractivity contribution >= 4 is 80.6 Å². The molecule has 2 atom stereocenters. The average molecular weight is 762 g/mol. The zero-order chi connectivity index (χ0) is 38.2. The van der Waals surface area contributed by atoms with Gasteiger partial charge in [0.05, 0.1) is 29.8 Å². The topological polar surface area (TPSA) is 219 Å². The van der Waals surface area contributed by atoms with Crippen molar-refractivity contribution in [1.82, 2.24) is 20.9 Å². The maximum absolute atomic E-state index is 13.6. The molecule has 4 amide bonds. The Kier molecular flexibility index (Phi) is 12.7. The number of aromatic nitrogens is 1. The van der Waals surface area contributed by atoms with Crippen LogP contribution in [0.25, 0.3) is 0 Å². The predicted molar refractivity (Wildman–Crippen MR) is 203 cm³/mol. The number of rotatable bonds is 13. The van der Waals surface area contributed by atoms with Gasteiger partial charge in [0.1, 0.15) is 28.8 Å². The first-order chi connectivity index (χ1) is 25.4. The molecule has 4 heterocycles. The van der Waals surface area contributed by atoms with Crippen LogP contribution in [0.1, 0.15) is 82.3 Å². The van der Waals surface area contributed by atoms with Crippen LogP contribution in [0, 0.1) is 17.7 Å². The molecule has 1 saturated heterocycles. The standard InChI is InChI=1S/C36H40ClN9O6S/c1-19-28-29(21-9-11-22(37)12-10-21)43-25(18-27(48)52-3)32(39)46(20(2)38)36(28)53-31(19)35(51)42-16-6-4-5-15-40-23-8-7-17-41-30(23)34(50)44-24-13-14-26(47)45-33(24)49/h7-12,17,24-25,38-40H,4-6,13-16,18H2,1-3H3,(H,42,51)(H,44,50)(H,45,47,49)/t24?,25-/m0/s1. The van der Waals surface area contributed by atoms with Gasteiger partial charge < -0.3 is 20.7 Å². The molecule has 1 unspecified atom stereocenters. The Morgan fingerprint density at radius 1 is 1.09 bits per heavy atom. The molecular weight excluding hydrogens is 722 g/mol. The summed E-state index contributed by atoms with van der Waals surface area (Å²) in [7, 11) is 1.27. The SMILES string of the molecule is COC(=O)C[C@@H]1N=C(c2ccc(Cl)cc2)c2c(sc(C(=O)NCCCCCNc3cccnc3C(=O)NC3CCC(=O)NC3=O)c2C)N(C(C)=N)C1=N. The van der Waals surface area contributed by atoms with Crippen LogP contribution in [-0.4, -0.2) is 84.2 Å². The summed E-state index contributed by atoms with van der Waals surface area (Å²) < 4.78 is 4.87. The molecule has 3 aromatic rings. The second kappa shape index (κ2) is 17.4. The Bertz CT molecular complexity index is 1980. The number of esters is 1. The summed E-state index contributed by atoms with van der Waals surface area (Å²) in [6.45, 7) is 4.27. The van der Waals surface area contributed by atoms with Gasteiger partial charge in [-0.3, -0.25) is 50.0 Å². The van der Waals surface area contributed by atoms with E-state index >= 15 is 0 Å². The van der Waals surface area contributed by atoms with Crippen molar-refractivity contribution in [2.75, 3.05) is 30.4 Å². The molecule has 0 radical (unpaired) electrons. The van der Waals surface area contributed by atoms with Crippen molar-refractivity contribution in [1.29, 1.82) is 10.8 Å². The highest BCUT2D eigenvalue weighted by Crippen LogP contribution is 2.40. The number of benzene rings is 1. The summed E-state index contributed by atoms with van der Waals surface area (Å²) in [6.07, 6.45) is 3.83. The number of imide groups is 1. The molecule has 5 rings (SSSR count). The normalized spacial score (nSPS) is 16.9. The maximum atomic E-state index is 13.6. The fourth-order valence-corrected chi connectivity index (χ4v) is 7.37. The first kappa shape index (κ1) is 38.7. The summed E-state index contributed by atoms with van der Waals surface area (Å²) in [5.41, 5.74) is 3.04. The maximum Gasteiger partial charge on any atom is 0.308 e. The lowest BCUT2D eigenvalue weighted by Crippen LogP contribution is -2.52. The van der Waals surface area contributed by atoms with Crippen LogP contribution in [-0.2, 0) is 19.1 Å². The van der Waals surface area contributed by atoms with Gasteiger partial charge in [-0.1, -0.05) is 23.7 Å². The Labute approximate surface area is 315 Å². The number of anilines is 2. The van der Waals surface area contributed by atoms with Crippen molar-refractivity contribution < 1.29 is 28.7 Å². The number of pyridine rings is 1. The highest BCUT2D eigenvalue weighted by atomic mass is 35.5. The van der Waals surface area contributed by atoms with Gasteiger partial charge in [-0.25, -0.2) is 4.98 Å². The zero-order valence-electron chi connectivity index (χ0n) is 29.4. The lowest BCUT2D eigenvalue weighted by atomic mass is 9.99. The predicted octanol–water partition coefficient (Wildman–Crippen LogP) is 4.22. The van der Waals surface area contributed by atoms with Crippen molar-refractivity contribution in [2.24, 2.45) is 4.99 Å². The van der Waals surface area contributed by atoms with E-state index in [9.17, 15) is 24.0 Å². The second-order valence-electron chi connectivity index (χ2n) is 12.4. The molecule has 1 fully saturated rings. The van der Waals surface area contributed by atoms with Gasteiger partial charge in [0.15, 0.2) is 5.69 Å². The third-order valence-corrected chi connectivity index (χ3v) is 10.2. The van der Waals surface area contributed by atoms with Crippen molar-refractivity contribution in [3.63, 3.8) is 0 Å². The Balaban J connectivity index is 1.22. The Morgan fingerprint density at radius 3 is 2.53 bits per heavy atom. The van der Waals surface area contributed by atoms with Gasteiger partial charge in [0.2, 0.25) is 11.8 Å². The number of hydrogen-bond acceptors (Lipinski definition) is 12. The van der Waals surface area contributed by atoms with Crippen molar-refractivity contribution in [2.45, 2.75) is 64.5 Å². The molecule has 0 bridgehead atoms. The third kappa shape index (κ3) is 9.13. The fourth-order valence-electron chi connectivity index (χ4n) is 5.95. The van der Waals surface area contributed by atoms with Gasteiger partial charge in [0.25, 0.3) is 11.8 Å². The highest BCUT2D eigenvalue weighted by molar-refractivity contribution is 7.19. The summed E-state index contributed by atoms with van der Waals surface area (Å²) in [5.74, 6) is -2.31. The molecule has 17 heteroatoms. The zero-order valence-corrected chi connectivity index (χ0v) is 31.0. The van der Waals surface area contributed by atoms with E-state index < -0.39 is 29.9 Å². The van der Waals surface area contributed by atoms with E-state index in [1.54, 1.807) is 43.3 Å². The minimum Gasteiger partial charge on any atom is -0.469 e. The molecule has 6 N–H and O–H groups in total. The average Bonchev–Trinajstić information content (AvgIpc) is 3.40. The Morgan fingerprint density at radius 2 is 1.83 bits per heavy atom. The smallest absolute Gasteiger partial charge is 0.308 e. The number of fused-ring (bicyclic) bond motifs is 1. The first-order valence-electron chi connectivity index (χ1n) is 17.0. The van der Waals surface area contributed by atoms with E-state index in [2.05, 4.69) is 26.3 Å².